The van der Waals surface area contributed by atoms with Crippen LogP contribution in [0.25, 0.3) is 0 Å². The number of carbonyl (C=O) groups is 1. The number of esters is 1. The first-order chi connectivity index (χ1) is 11.6. The van der Waals surface area contributed by atoms with Crippen LogP contribution in [-0.4, -0.2) is 27.8 Å². The van der Waals surface area contributed by atoms with Crippen molar-refractivity contribution in [2.75, 3.05) is 7.11 Å². The summed E-state index contributed by atoms with van der Waals surface area (Å²) in [6.07, 6.45) is 2.23. The summed E-state index contributed by atoms with van der Waals surface area (Å²) in [5.74, 6) is 2.39. The Balaban J connectivity index is 1.70. The van der Waals surface area contributed by atoms with Gasteiger partial charge >= 0.3 is 5.97 Å². The Morgan fingerprint density at radius 1 is 1.29 bits per heavy atom. The maximum absolute atomic E-state index is 11.8. The van der Waals surface area contributed by atoms with Crippen LogP contribution in [0.15, 0.2) is 18.2 Å². The largest absolute Gasteiger partial charge is 0.485 e. The summed E-state index contributed by atoms with van der Waals surface area (Å²) in [5.41, 5.74) is 2.26. The second-order valence-corrected chi connectivity index (χ2v) is 6.29. The average Bonchev–Trinajstić information content (AvgIpc) is 2.84. The second kappa shape index (κ2) is 7.03. The molecule has 6 nitrogen and oxygen atoms in total. The fourth-order valence-electron chi connectivity index (χ4n) is 3.06. The molecule has 1 aromatic carbocycles. The van der Waals surface area contributed by atoms with Crippen molar-refractivity contribution in [1.29, 1.82) is 0 Å². The Hall–Kier alpha value is -2.37. The summed E-state index contributed by atoms with van der Waals surface area (Å²) in [6.45, 7) is 5.16. The lowest BCUT2D eigenvalue weighted by atomic mass is 10.0. The van der Waals surface area contributed by atoms with E-state index in [1.807, 2.05) is 19.9 Å². The highest BCUT2D eigenvalue weighted by atomic mass is 16.5. The van der Waals surface area contributed by atoms with Crippen LogP contribution < -0.4 is 4.74 Å². The van der Waals surface area contributed by atoms with Gasteiger partial charge in [0.05, 0.1) is 13.0 Å². The van der Waals surface area contributed by atoms with Gasteiger partial charge in [0.2, 0.25) is 0 Å². The van der Waals surface area contributed by atoms with Gasteiger partial charge in [-0.25, -0.2) is 0 Å². The van der Waals surface area contributed by atoms with Crippen molar-refractivity contribution >= 4 is 5.97 Å². The third-order valence-electron chi connectivity index (χ3n) is 4.56. The molecule has 0 amide bonds. The molecule has 0 saturated carbocycles. The van der Waals surface area contributed by atoms with E-state index in [1.165, 1.54) is 7.11 Å². The molecule has 6 heteroatoms. The SMILES string of the molecule is COC(=O)C1CCc2nnc(COc3cc(C)ccc3C)n2CC1. The standard InChI is InChI=1S/C18H23N3O3/c1-12-4-5-13(2)15(10-12)24-11-17-20-19-16-7-6-14(18(22)23-3)8-9-21(16)17/h4-5,10,14H,6-9,11H2,1-3H3. The molecule has 2 heterocycles. The first kappa shape index (κ1) is 16.5. The van der Waals surface area contributed by atoms with E-state index in [4.69, 9.17) is 9.47 Å². The number of hydrogen-bond acceptors (Lipinski definition) is 5. The van der Waals surface area contributed by atoms with Crippen LogP contribution in [0, 0.1) is 19.8 Å². The van der Waals surface area contributed by atoms with E-state index in [0.29, 0.717) is 13.2 Å². The lowest BCUT2D eigenvalue weighted by Gasteiger charge is -2.12. The third kappa shape index (κ3) is 3.42. The van der Waals surface area contributed by atoms with Crippen LogP contribution in [0.1, 0.15) is 35.6 Å². The molecule has 0 radical (unpaired) electrons. The number of hydrogen-bond donors (Lipinski definition) is 0. The molecule has 1 unspecified atom stereocenters. The summed E-state index contributed by atoms with van der Waals surface area (Å²) < 4.78 is 12.9. The fourth-order valence-corrected chi connectivity index (χ4v) is 3.06. The number of nitrogens with zero attached hydrogens (tertiary/aromatic N) is 3. The van der Waals surface area contributed by atoms with E-state index in [2.05, 4.69) is 26.9 Å². The van der Waals surface area contributed by atoms with E-state index >= 15 is 0 Å². The first-order valence-corrected chi connectivity index (χ1v) is 8.27. The Bertz CT molecular complexity index is 739. The highest BCUT2D eigenvalue weighted by Crippen LogP contribution is 2.23. The van der Waals surface area contributed by atoms with Gasteiger partial charge in [-0.15, -0.1) is 10.2 Å². The van der Waals surface area contributed by atoms with Gasteiger partial charge in [0.25, 0.3) is 0 Å². The van der Waals surface area contributed by atoms with Crippen LogP contribution in [0.4, 0.5) is 0 Å². The van der Waals surface area contributed by atoms with Gasteiger partial charge in [-0.05, 0) is 43.9 Å². The van der Waals surface area contributed by atoms with Crippen LogP contribution in [-0.2, 0) is 29.1 Å². The Labute approximate surface area is 141 Å². The lowest BCUT2D eigenvalue weighted by Crippen LogP contribution is -2.17. The van der Waals surface area contributed by atoms with Gasteiger partial charge in [0.1, 0.15) is 18.2 Å². The van der Waals surface area contributed by atoms with Crippen molar-refractivity contribution in [3.8, 4) is 5.75 Å². The molecule has 0 bridgehead atoms. The molecule has 1 aliphatic heterocycles. The molecule has 0 fully saturated rings. The molecule has 0 spiro atoms. The number of methoxy groups -OCH3 is 1. The molecule has 3 rings (SSSR count). The molecule has 0 aliphatic carbocycles. The minimum absolute atomic E-state index is 0.0653. The zero-order valence-electron chi connectivity index (χ0n) is 14.4. The average molecular weight is 329 g/mol. The highest BCUT2D eigenvalue weighted by Gasteiger charge is 2.25. The van der Waals surface area contributed by atoms with Gasteiger partial charge < -0.3 is 14.0 Å². The number of benzene rings is 1. The molecule has 1 aliphatic rings. The van der Waals surface area contributed by atoms with E-state index < -0.39 is 0 Å². The first-order valence-electron chi connectivity index (χ1n) is 8.27. The minimum Gasteiger partial charge on any atom is -0.485 e. The van der Waals surface area contributed by atoms with Crippen LogP contribution in [0.3, 0.4) is 0 Å². The van der Waals surface area contributed by atoms with Crippen molar-refractivity contribution < 1.29 is 14.3 Å². The van der Waals surface area contributed by atoms with Gasteiger partial charge in [0.15, 0.2) is 5.82 Å². The van der Waals surface area contributed by atoms with Crippen LogP contribution in [0.2, 0.25) is 0 Å². The van der Waals surface area contributed by atoms with E-state index in [1.54, 1.807) is 0 Å². The fraction of sp³-hybridized carbons (Fsp3) is 0.500. The Morgan fingerprint density at radius 2 is 2.12 bits per heavy atom. The summed E-state index contributed by atoms with van der Waals surface area (Å²) in [7, 11) is 1.44. The maximum Gasteiger partial charge on any atom is 0.308 e. The predicted octanol–water partition coefficient (Wildman–Crippen LogP) is 2.60. The van der Waals surface area contributed by atoms with E-state index in [0.717, 1.165) is 47.8 Å². The molecule has 2 aromatic rings. The van der Waals surface area contributed by atoms with E-state index in [9.17, 15) is 4.79 Å². The molecule has 1 atom stereocenters. The van der Waals surface area contributed by atoms with Crippen molar-refractivity contribution in [2.45, 2.75) is 46.3 Å². The van der Waals surface area contributed by atoms with Gasteiger partial charge in [0, 0.05) is 13.0 Å². The van der Waals surface area contributed by atoms with Crippen molar-refractivity contribution in [3.05, 3.63) is 41.0 Å². The number of fused-ring (bicyclic) bond motifs is 1. The van der Waals surface area contributed by atoms with Crippen molar-refractivity contribution in [2.24, 2.45) is 5.92 Å². The molecular formula is C18H23N3O3. The molecule has 1 aromatic heterocycles. The maximum atomic E-state index is 11.8. The molecular weight excluding hydrogens is 306 g/mol. The predicted molar refractivity (Wildman–Crippen MR) is 88.7 cm³/mol. The quantitative estimate of drug-likeness (QED) is 0.807. The monoisotopic (exact) mass is 329 g/mol. The Kier molecular flexibility index (Phi) is 4.83. The third-order valence-corrected chi connectivity index (χ3v) is 4.56. The zero-order chi connectivity index (χ0) is 17.1. The number of ether oxygens (including phenoxy) is 2. The van der Waals surface area contributed by atoms with Crippen molar-refractivity contribution in [3.63, 3.8) is 0 Å². The summed E-state index contributed by atoms with van der Waals surface area (Å²) in [6, 6.07) is 6.15. The number of aromatic nitrogens is 3. The van der Waals surface area contributed by atoms with Crippen LogP contribution in [0.5, 0.6) is 5.75 Å². The lowest BCUT2D eigenvalue weighted by molar-refractivity contribution is -0.145. The van der Waals surface area contributed by atoms with Crippen LogP contribution >= 0.6 is 0 Å². The number of aryl methyl sites for hydroxylation is 3. The topological polar surface area (TPSA) is 66.2 Å². The summed E-state index contributed by atoms with van der Waals surface area (Å²) in [5, 5.41) is 8.54. The second-order valence-electron chi connectivity index (χ2n) is 6.29. The molecule has 24 heavy (non-hydrogen) atoms. The van der Waals surface area contributed by atoms with Gasteiger partial charge in [-0.1, -0.05) is 12.1 Å². The van der Waals surface area contributed by atoms with Gasteiger partial charge in [-0.2, -0.15) is 0 Å². The normalized spacial score (nSPS) is 17.0. The Morgan fingerprint density at radius 3 is 2.92 bits per heavy atom. The minimum atomic E-state index is -0.137. The van der Waals surface area contributed by atoms with Gasteiger partial charge in [-0.3, -0.25) is 4.79 Å². The zero-order valence-corrected chi connectivity index (χ0v) is 14.4. The molecule has 128 valence electrons. The number of carbonyl (C=O) groups excluding carboxylic acids is 1. The summed E-state index contributed by atoms with van der Waals surface area (Å²) >= 11 is 0. The number of rotatable bonds is 4. The molecule has 0 saturated heterocycles. The van der Waals surface area contributed by atoms with E-state index in [-0.39, 0.29) is 11.9 Å². The smallest absolute Gasteiger partial charge is 0.308 e. The molecule has 0 N–H and O–H groups in total. The highest BCUT2D eigenvalue weighted by molar-refractivity contribution is 5.72. The summed E-state index contributed by atoms with van der Waals surface area (Å²) in [4.78, 5) is 11.8. The van der Waals surface area contributed by atoms with Crippen molar-refractivity contribution in [1.82, 2.24) is 14.8 Å².